The minimum absolute atomic E-state index is 0.0148. The first-order valence-corrected chi connectivity index (χ1v) is 7.09. The Labute approximate surface area is 140 Å². The summed E-state index contributed by atoms with van der Waals surface area (Å²) in [6, 6.07) is 11.0. The number of hydrogen-bond acceptors (Lipinski definition) is 6. The van der Waals surface area contributed by atoms with Gasteiger partial charge in [-0.05, 0) is 36.5 Å². The average molecular weight is 343 g/mol. The van der Waals surface area contributed by atoms with Crippen LogP contribution in [-0.2, 0) is 9.59 Å². The summed E-state index contributed by atoms with van der Waals surface area (Å²) in [4.78, 5) is 35.8. The molecule has 0 saturated carbocycles. The van der Waals surface area contributed by atoms with Gasteiger partial charge < -0.3 is 4.42 Å². The molecular weight excluding hydrogens is 334 g/mol. The second-order valence-electron chi connectivity index (χ2n) is 4.73. The van der Waals surface area contributed by atoms with Gasteiger partial charge in [0.2, 0.25) is 0 Å². The zero-order valence-corrected chi connectivity index (χ0v) is 12.8. The molecule has 24 heavy (non-hydrogen) atoms. The molecule has 8 nitrogen and oxygen atoms in total. The number of anilines is 1. The van der Waals surface area contributed by atoms with Crippen LogP contribution in [-0.4, -0.2) is 21.9 Å². The highest BCUT2D eigenvalue weighted by atomic mass is 32.1. The lowest BCUT2D eigenvalue weighted by Gasteiger charge is -2.28. The minimum Gasteiger partial charge on any atom is -0.401 e. The lowest BCUT2D eigenvalue weighted by Crippen LogP contribution is -2.54. The first-order chi connectivity index (χ1) is 11.5. The second-order valence-corrected chi connectivity index (χ2v) is 5.11. The van der Waals surface area contributed by atoms with Gasteiger partial charge in [-0.1, -0.05) is 18.2 Å². The van der Waals surface area contributed by atoms with E-state index in [9.17, 15) is 19.7 Å². The third-order valence-corrected chi connectivity index (χ3v) is 3.48. The highest BCUT2D eigenvalue weighted by molar-refractivity contribution is 7.80. The number of carbonyl (C=O) groups is 2. The molecule has 0 radical (unpaired) electrons. The number of hydrogen-bond donors (Lipinski definition) is 1. The van der Waals surface area contributed by atoms with E-state index in [1.807, 2.05) is 0 Å². The first kappa shape index (κ1) is 15.6. The van der Waals surface area contributed by atoms with Crippen molar-refractivity contribution in [1.82, 2.24) is 5.32 Å². The molecule has 1 fully saturated rings. The summed E-state index contributed by atoms with van der Waals surface area (Å²) in [5.74, 6) is -1.81. The fraction of sp³-hybridized carbons (Fsp3) is 0. The van der Waals surface area contributed by atoms with Crippen molar-refractivity contribution in [2.24, 2.45) is 0 Å². The molecule has 0 spiro atoms. The van der Waals surface area contributed by atoms with Crippen molar-refractivity contribution in [3.63, 3.8) is 0 Å². The van der Waals surface area contributed by atoms with Crippen molar-refractivity contribution >= 4 is 46.8 Å². The number of rotatable bonds is 3. The number of para-hydroxylation sites is 1. The SMILES string of the molecule is O=C1NC(=S)N(c2ccccc2)C(=O)C1=Cc1ccc([N+](=O)[O-])o1. The molecule has 2 aromatic rings. The lowest BCUT2D eigenvalue weighted by molar-refractivity contribution is -0.402. The molecule has 1 aromatic heterocycles. The standard InChI is InChI=1S/C15H9N3O5S/c19-13-11(8-10-6-7-12(23-10)18(21)22)14(20)17(15(24)16-13)9-4-2-1-3-5-9/h1-8H,(H,16,19,24). The van der Waals surface area contributed by atoms with Crippen LogP contribution in [0.25, 0.3) is 6.08 Å². The van der Waals surface area contributed by atoms with Gasteiger partial charge in [-0.25, -0.2) is 0 Å². The van der Waals surface area contributed by atoms with Crippen molar-refractivity contribution in [3.8, 4) is 0 Å². The molecule has 1 N–H and O–H groups in total. The van der Waals surface area contributed by atoms with E-state index in [-0.39, 0.29) is 16.4 Å². The van der Waals surface area contributed by atoms with E-state index in [0.717, 1.165) is 12.1 Å². The Morgan fingerprint density at radius 1 is 1.17 bits per heavy atom. The Balaban J connectivity index is 1.99. The normalized spacial score (nSPS) is 16.4. The number of nitrogens with one attached hydrogen (secondary N) is 1. The molecule has 2 amide bonds. The van der Waals surface area contributed by atoms with Gasteiger partial charge in [0, 0.05) is 0 Å². The summed E-state index contributed by atoms with van der Waals surface area (Å²) in [6.45, 7) is 0. The Morgan fingerprint density at radius 3 is 2.50 bits per heavy atom. The summed E-state index contributed by atoms with van der Waals surface area (Å²) in [7, 11) is 0. The van der Waals surface area contributed by atoms with Gasteiger partial charge in [0.1, 0.15) is 16.3 Å². The van der Waals surface area contributed by atoms with Crippen molar-refractivity contribution in [2.45, 2.75) is 0 Å². The smallest absolute Gasteiger partial charge is 0.401 e. The lowest BCUT2D eigenvalue weighted by atomic mass is 10.1. The monoisotopic (exact) mass is 343 g/mol. The molecule has 0 bridgehead atoms. The van der Waals surface area contributed by atoms with Crippen LogP contribution >= 0.6 is 12.2 Å². The molecule has 0 aliphatic carbocycles. The minimum atomic E-state index is -0.712. The van der Waals surface area contributed by atoms with Crippen molar-refractivity contribution in [1.29, 1.82) is 0 Å². The van der Waals surface area contributed by atoms with Crippen molar-refractivity contribution in [2.75, 3.05) is 4.90 Å². The van der Waals surface area contributed by atoms with Crippen molar-refractivity contribution < 1.29 is 18.9 Å². The third-order valence-electron chi connectivity index (χ3n) is 3.20. The van der Waals surface area contributed by atoms with Gasteiger partial charge in [-0.15, -0.1) is 0 Å². The Kier molecular flexibility index (Phi) is 3.92. The largest absolute Gasteiger partial charge is 0.433 e. The first-order valence-electron chi connectivity index (χ1n) is 6.68. The maximum Gasteiger partial charge on any atom is 0.433 e. The molecule has 2 heterocycles. The zero-order chi connectivity index (χ0) is 17.3. The summed E-state index contributed by atoms with van der Waals surface area (Å²) < 4.78 is 4.95. The number of thiocarbonyl (C=S) groups is 1. The summed E-state index contributed by atoms with van der Waals surface area (Å²) in [5, 5.41) is 13.0. The number of benzene rings is 1. The summed E-state index contributed by atoms with van der Waals surface area (Å²) >= 11 is 5.05. The maximum atomic E-state index is 12.6. The van der Waals surface area contributed by atoms with Crippen molar-refractivity contribution in [3.05, 3.63) is 63.9 Å². The molecule has 1 saturated heterocycles. The topological polar surface area (TPSA) is 106 Å². The number of furan rings is 1. The highest BCUT2D eigenvalue weighted by Gasteiger charge is 2.34. The molecule has 1 aromatic carbocycles. The van der Waals surface area contributed by atoms with Crippen LogP contribution in [0.2, 0.25) is 0 Å². The highest BCUT2D eigenvalue weighted by Crippen LogP contribution is 2.23. The predicted octanol–water partition coefficient (Wildman–Crippen LogP) is 2.02. The molecule has 120 valence electrons. The number of amides is 2. The van der Waals surface area contributed by atoms with Crippen LogP contribution in [0.5, 0.6) is 0 Å². The predicted molar refractivity (Wildman–Crippen MR) is 88.0 cm³/mol. The van der Waals surface area contributed by atoms with E-state index >= 15 is 0 Å². The van der Waals surface area contributed by atoms with Crippen LogP contribution in [0, 0.1) is 10.1 Å². The van der Waals surface area contributed by atoms with Crippen LogP contribution in [0.3, 0.4) is 0 Å². The molecule has 3 rings (SSSR count). The van der Waals surface area contributed by atoms with E-state index < -0.39 is 22.6 Å². The van der Waals surface area contributed by atoms with Gasteiger partial charge in [-0.3, -0.25) is 29.9 Å². The molecule has 1 aliphatic rings. The molecule has 0 unspecified atom stereocenters. The Hall–Kier alpha value is -3.33. The van der Waals surface area contributed by atoms with Gasteiger partial charge in [0.15, 0.2) is 5.11 Å². The number of nitro groups is 1. The number of carbonyl (C=O) groups excluding carboxylic acids is 2. The van der Waals surface area contributed by atoms with E-state index in [1.54, 1.807) is 30.3 Å². The third kappa shape index (κ3) is 2.79. The van der Waals surface area contributed by atoms with Crippen LogP contribution < -0.4 is 10.2 Å². The summed E-state index contributed by atoms with van der Waals surface area (Å²) in [6.07, 6.45) is 1.14. The van der Waals surface area contributed by atoms with Crippen LogP contribution in [0.15, 0.2) is 52.5 Å². The van der Waals surface area contributed by atoms with E-state index in [1.165, 1.54) is 11.0 Å². The molecular formula is C15H9N3O5S. The average Bonchev–Trinajstić information content (AvgIpc) is 3.01. The van der Waals surface area contributed by atoms with Gasteiger partial charge >= 0.3 is 5.88 Å². The van der Waals surface area contributed by atoms with Crippen LogP contribution in [0.1, 0.15) is 5.76 Å². The van der Waals surface area contributed by atoms with E-state index in [4.69, 9.17) is 16.6 Å². The Bertz CT molecular complexity index is 888. The van der Waals surface area contributed by atoms with Crippen LogP contribution in [0.4, 0.5) is 11.6 Å². The van der Waals surface area contributed by atoms with E-state index in [2.05, 4.69) is 5.32 Å². The fourth-order valence-electron chi connectivity index (χ4n) is 2.13. The molecule has 1 aliphatic heterocycles. The maximum absolute atomic E-state index is 12.6. The van der Waals surface area contributed by atoms with E-state index in [0.29, 0.717) is 5.69 Å². The Morgan fingerprint density at radius 2 is 1.88 bits per heavy atom. The van der Waals surface area contributed by atoms with Gasteiger partial charge in [0.05, 0.1) is 11.8 Å². The molecule has 0 atom stereocenters. The van der Waals surface area contributed by atoms with Gasteiger partial charge in [-0.2, -0.15) is 0 Å². The summed E-state index contributed by atoms with van der Waals surface area (Å²) in [5.41, 5.74) is 0.250. The fourth-order valence-corrected chi connectivity index (χ4v) is 2.41. The number of nitrogens with zero attached hydrogens (tertiary/aromatic N) is 2. The van der Waals surface area contributed by atoms with Gasteiger partial charge in [0.25, 0.3) is 11.8 Å². The zero-order valence-electron chi connectivity index (χ0n) is 12.0. The molecule has 9 heteroatoms. The second kappa shape index (κ2) is 6.05. The quantitative estimate of drug-likeness (QED) is 0.300.